The van der Waals surface area contributed by atoms with Crippen LogP contribution < -0.4 is 5.73 Å². The van der Waals surface area contributed by atoms with Gasteiger partial charge in [-0.3, -0.25) is 4.79 Å². The van der Waals surface area contributed by atoms with E-state index in [0.29, 0.717) is 13.1 Å². The van der Waals surface area contributed by atoms with Gasteiger partial charge in [-0.2, -0.15) is 0 Å². The smallest absolute Gasteiger partial charge is 0.256 e. The van der Waals surface area contributed by atoms with Gasteiger partial charge in [0, 0.05) is 20.1 Å². The van der Waals surface area contributed by atoms with Crippen LogP contribution in [0.5, 0.6) is 0 Å². The number of carbonyl (C=O) groups excluding carboxylic acids is 1. The number of hydrogen-bond acceptors (Lipinski definition) is 2. The molecular formula is C17H19FN2O. The van der Waals surface area contributed by atoms with Gasteiger partial charge in [-0.15, -0.1) is 0 Å². The second-order valence-electron chi connectivity index (χ2n) is 5.17. The first-order valence-electron chi connectivity index (χ1n) is 6.80. The van der Waals surface area contributed by atoms with Crippen molar-refractivity contribution >= 4 is 5.91 Å². The van der Waals surface area contributed by atoms with Crippen LogP contribution in [0.1, 0.15) is 27.0 Å². The van der Waals surface area contributed by atoms with Crippen LogP contribution in [0, 0.1) is 12.7 Å². The van der Waals surface area contributed by atoms with Crippen molar-refractivity contribution in [3.8, 4) is 0 Å². The Balaban J connectivity index is 2.13. The van der Waals surface area contributed by atoms with Crippen LogP contribution in [-0.2, 0) is 13.1 Å². The number of aryl methyl sites for hydroxylation is 1. The Kier molecular flexibility index (Phi) is 4.70. The molecule has 0 radical (unpaired) electrons. The Morgan fingerprint density at radius 1 is 1.14 bits per heavy atom. The van der Waals surface area contributed by atoms with Crippen molar-refractivity contribution in [2.45, 2.75) is 20.0 Å². The maximum atomic E-state index is 13.8. The molecule has 1 amide bonds. The minimum Gasteiger partial charge on any atom is -0.337 e. The lowest BCUT2D eigenvalue weighted by atomic mass is 10.1. The SMILES string of the molecule is Cc1ccc(F)c(C(=O)N(C)Cc2ccc(CN)cc2)c1. The zero-order valence-corrected chi connectivity index (χ0v) is 12.3. The van der Waals surface area contributed by atoms with Crippen molar-refractivity contribution in [1.82, 2.24) is 4.90 Å². The van der Waals surface area contributed by atoms with E-state index in [0.717, 1.165) is 16.7 Å². The van der Waals surface area contributed by atoms with Gasteiger partial charge in [0.1, 0.15) is 5.82 Å². The van der Waals surface area contributed by atoms with Crippen LogP contribution in [0.25, 0.3) is 0 Å². The minimum atomic E-state index is -0.490. The highest BCUT2D eigenvalue weighted by Gasteiger charge is 2.16. The lowest BCUT2D eigenvalue weighted by Crippen LogP contribution is -2.27. The molecule has 21 heavy (non-hydrogen) atoms. The molecule has 0 aliphatic rings. The maximum absolute atomic E-state index is 13.8. The van der Waals surface area contributed by atoms with Gasteiger partial charge in [0.25, 0.3) is 5.91 Å². The van der Waals surface area contributed by atoms with E-state index < -0.39 is 5.82 Å². The van der Waals surface area contributed by atoms with Gasteiger partial charge >= 0.3 is 0 Å². The van der Waals surface area contributed by atoms with Gasteiger partial charge < -0.3 is 10.6 Å². The molecule has 0 bridgehead atoms. The largest absolute Gasteiger partial charge is 0.337 e. The third-order valence-electron chi connectivity index (χ3n) is 3.38. The average Bonchev–Trinajstić information content (AvgIpc) is 2.49. The summed E-state index contributed by atoms with van der Waals surface area (Å²) in [5.41, 5.74) is 8.54. The highest BCUT2D eigenvalue weighted by atomic mass is 19.1. The van der Waals surface area contributed by atoms with Crippen molar-refractivity contribution in [2.24, 2.45) is 5.73 Å². The van der Waals surface area contributed by atoms with Gasteiger partial charge in [0.05, 0.1) is 5.56 Å². The number of amides is 1. The first-order valence-corrected chi connectivity index (χ1v) is 6.80. The fraction of sp³-hybridized carbons (Fsp3) is 0.235. The lowest BCUT2D eigenvalue weighted by Gasteiger charge is -2.18. The van der Waals surface area contributed by atoms with E-state index in [4.69, 9.17) is 5.73 Å². The highest BCUT2D eigenvalue weighted by molar-refractivity contribution is 5.94. The van der Waals surface area contributed by atoms with Crippen molar-refractivity contribution in [3.05, 3.63) is 70.5 Å². The number of rotatable bonds is 4. The second-order valence-corrected chi connectivity index (χ2v) is 5.17. The predicted octanol–water partition coefficient (Wildman–Crippen LogP) is 2.87. The molecule has 2 rings (SSSR count). The zero-order valence-electron chi connectivity index (χ0n) is 12.3. The van der Waals surface area contributed by atoms with E-state index in [1.165, 1.54) is 11.0 Å². The first kappa shape index (κ1) is 15.2. The van der Waals surface area contributed by atoms with Crippen LogP contribution >= 0.6 is 0 Å². The molecule has 3 nitrogen and oxygen atoms in total. The standard InChI is InChI=1S/C17H19FN2O/c1-12-3-8-16(18)15(9-12)17(21)20(2)11-14-6-4-13(10-19)5-7-14/h3-9H,10-11,19H2,1-2H3. The summed E-state index contributed by atoms with van der Waals surface area (Å²) in [4.78, 5) is 13.8. The number of benzene rings is 2. The molecule has 0 fully saturated rings. The normalized spacial score (nSPS) is 10.5. The minimum absolute atomic E-state index is 0.107. The van der Waals surface area contributed by atoms with E-state index in [1.54, 1.807) is 19.2 Å². The third-order valence-corrected chi connectivity index (χ3v) is 3.38. The van der Waals surface area contributed by atoms with Crippen molar-refractivity contribution in [2.75, 3.05) is 7.05 Å². The van der Waals surface area contributed by atoms with E-state index in [2.05, 4.69) is 0 Å². The molecule has 2 N–H and O–H groups in total. The molecule has 110 valence electrons. The fourth-order valence-electron chi connectivity index (χ4n) is 2.14. The molecule has 0 aromatic heterocycles. The summed E-state index contributed by atoms with van der Waals surface area (Å²) < 4.78 is 13.8. The monoisotopic (exact) mass is 286 g/mol. The lowest BCUT2D eigenvalue weighted by molar-refractivity contribution is 0.0780. The molecule has 0 saturated heterocycles. The van der Waals surface area contributed by atoms with Crippen LogP contribution in [-0.4, -0.2) is 17.9 Å². The van der Waals surface area contributed by atoms with Crippen LogP contribution in [0.15, 0.2) is 42.5 Å². The molecule has 0 saturated carbocycles. The Bertz CT molecular complexity index is 638. The quantitative estimate of drug-likeness (QED) is 0.939. The summed E-state index contributed by atoms with van der Waals surface area (Å²) in [7, 11) is 1.67. The molecule has 4 heteroatoms. The number of nitrogens with zero attached hydrogens (tertiary/aromatic N) is 1. The summed E-state index contributed by atoms with van der Waals surface area (Å²) in [6.45, 7) is 2.75. The molecule has 0 heterocycles. The number of nitrogens with two attached hydrogens (primary N) is 1. The molecule has 2 aromatic carbocycles. The summed E-state index contributed by atoms with van der Waals surface area (Å²) >= 11 is 0. The van der Waals surface area contributed by atoms with Crippen molar-refractivity contribution < 1.29 is 9.18 Å². The molecule has 0 aliphatic heterocycles. The topological polar surface area (TPSA) is 46.3 Å². The molecule has 0 spiro atoms. The van der Waals surface area contributed by atoms with E-state index in [9.17, 15) is 9.18 Å². The van der Waals surface area contributed by atoms with Gasteiger partial charge in [-0.05, 0) is 30.2 Å². The summed E-state index contributed by atoms with van der Waals surface area (Å²) in [6, 6.07) is 12.3. The predicted molar refractivity (Wildman–Crippen MR) is 81.3 cm³/mol. The van der Waals surface area contributed by atoms with Crippen molar-refractivity contribution in [3.63, 3.8) is 0 Å². The van der Waals surface area contributed by atoms with Crippen LogP contribution in [0.2, 0.25) is 0 Å². The zero-order chi connectivity index (χ0) is 15.4. The number of hydrogen-bond donors (Lipinski definition) is 1. The Hall–Kier alpha value is -2.20. The van der Waals surface area contributed by atoms with E-state index >= 15 is 0 Å². The summed E-state index contributed by atoms with van der Waals surface area (Å²) in [5, 5.41) is 0. The number of halogens is 1. The van der Waals surface area contributed by atoms with Crippen LogP contribution in [0.3, 0.4) is 0 Å². The average molecular weight is 286 g/mol. The second kappa shape index (κ2) is 6.50. The van der Waals surface area contributed by atoms with Crippen molar-refractivity contribution in [1.29, 1.82) is 0 Å². The Labute approximate surface area is 124 Å². The van der Waals surface area contributed by atoms with Gasteiger partial charge in [0.2, 0.25) is 0 Å². The van der Waals surface area contributed by atoms with E-state index in [-0.39, 0.29) is 11.5 Å². The fourth-order valence-corrected chi connectivity index (χ4v) is 2.14. The molecule has 0 atom stereocenters. The highest BCUT2D eigenvalue weighted by Crippen LogP contribution is 2.14. The first-order chi connectivity index (χ1) is 10.0. The van der Waals surface area contributed by atoms with Crippen LogP contribution in [0.4, 0.5) is 4.39 Å². The third kappa shape index (κ3) is 3.67. The van der Waals surface area contributed by atoms with E-state index in [1.807, 2.05) is 31.2 Å². The van der Waals surface area contributed by atoms with Gasteiger partial charge in [-0.1, -0.05) is 35.9 Å². The molecule has 2 aromatic rings. The maximum Gasteiger partial charge on any atom is 0.256 e. The molecular weight excluding hydrogens is 267 g/mol. The number of carbonyl (C=O) groups is 1. The summed E-state index contributed by atoms with van der Waals surface area (Å²) in [5.74, 6) is -0.810. The van der Waals surface area contributed by atoms with Gasteiger partial charge in [-0.25, -0.2) is 4.39 Å². The summed E-state index contributed by atoms with van der Waals surface area (Å²) in [6.07, 6.45) is 0. The molecule has 0 aliphatic carbocycles. The van der Waals surface area contributed by atoms with Gasteiger partial charge in [0.15, 0.2) is 0 Å². The molecule has 0 unspecified atom stereocenters. The Morgan fingerprint density at radius 2 is 1.76 bits per heavy atom. The Morgan fingerprint density at radius 3 is 2.38 bits per heavy atom.